The summed E-state index contributed by atoms with van der Waals surface area (Å²) < 4.78 is 13.1. The smallest absolute Gasteiger partial charge is 0.126 e. The zero-order valence-electron chi connectivity index (χ0n) is 8.41. The summed E-state index contributed by atoms with van der Waals surface area (Å²) in [5, 5.41) is 4.01. The van der Waals surface area contributed by atoms with Crippen molar-refractivity contribution < 1.29 is 4.39 Å². The number of nitrogens with two attached hydrogens (primary N) is 1. The monoisotopic (exact) mass is 221 g/mol. The topological polar surface area (TPSA) is 26.0 Å². The second-order valence-electron chi connectivity index (χ2n) is 3.54. The molecule has 0 amide bonds. The fraction of sp³-hybridized carbons (Fsp3) is 0.167. The third-order valence-electron chi connectivity index (χ3n) is 2.44. The number of rotatable bonds is 2. The van der Waals surface area contributed by atoms with Gasteiger partial charge in [0, 0.05) is 0 Å². The number of halogens is 1. The van der Waals surface area contributed by atoms with Gasteiger partial charge in [0.15, 0.2) is 0 Å². The van der Waals surface area contributed by atoms with E-state index in [2.05, 4.69) is 0 Å². The van der Waals surface area contributed by atoms with Crippen LogP contribution < -0.4 is 5.73 Å². The van der Waals surface area contributed by atoms with Gasteiger partial charge in [-0.2, -0.15) is 11.3 Å². The summed E-state index contributed by atoms with van der Waals surface area (Å²) in [6, 6.07) is 6.85. The highest BCUT2D eigenvalue weighted by atomic mass is 32.1. The van der Waals surface area contributed by atoms with Crippen molar-refractivity contribution in [3.05, 3.63) is 57.5 Å². The van der Waals surface area contributed by atoms with Gasteiger partial charge < -0.3 is 5.73 Å². The quantitative estimate of drug-likeness (QED) is 0.827. The van der Waals surface area contributed by atoms with E-state index < -0.39 is 0 Å². The second-order valence-corrected chi connectivity index (χ2v) is 4.32. The Morgan fingerprint density at radius 2 is 2.07 bits per heavy atom. The van der Waals surface area contributed by atoms with Gasteiger partial charge in [-0.25, -0.2) is 4.39 Å². The lowest BCUT2D eigenvalue weighted by atomic mass is 10.0. The normalized spacial score (nSPS) is 12.7. The van der Waals surface area contributed by atoms with Crippen molar-refractivity contribution in [3.8, 4) is 0 Å². The van der Waals surface area contributed by atoms with Crippen LogP contribution in [-0.4, -0.2) is 0 Å². The number of thiophene rings is 1. The molecule has 0 saturated carbocycles. The van der Waals surface area contributed by atoms with Crippen molar-refractivity contribution in [3.63, 3.8) is 0 Å². The maximum Gasteiger partial charge on any atom is 0.126 e. The van der Waals surface area contributed by atoms with E-state index in [1.807, 2.05) is 16.8 Å². The minimum Gasteiger partial charge on any atom is -0.320 e. The highest BCUT2D eigenvalue weighted by Gasteiger charge is 2.10. The summed E-state index contributed by atoms with van der Waals surface area (Å²) in [5.74, 6) is -0.184. The van der Waals surface area contributed by atoms with Crippen LogP contribution in [0.3, 0.4) is 0 Å². The van der Waals surface area contributed by atoms with Gasteiger partial charge in [-0.15, -0.1) is 0 Å². The Morgan fingerprint density at radius 1 is 1.27 bits per heavy atom. The van der Waals surface area contributed by atoms with Gasteiger partial charge >= 0.3 is 0 Å². The molecule has 0 radical (unpaired) electrons. The molecule has 1 unspecified atom stereocenters. The van der Waals surface area contributed by atoms with Crippen LogP contribution in [0.4, 0.5) is 4.39 Å². The lowest BCUT2D eigenvalue weighted by molar-refractivity contribution is 0.617. The molecule has 1 aromatic heterocycles. The van der Waals surface area contributed by atoms with Crippen molar-refractivity contribution in [2.45, 2.75) is 13.0 Å². The van der Waals surface area contributed by atoms with Crippen LogP contribution in [0.1, 0.15) is 22.7 Å². The Kier molecular flexibility index (Phi) is 2.84. The zero-order valence-corrected chi connectivity index (χ0v) is 9.22. The number of hydrogen-bond donors (Lipinski definition) is 1. The molecule has 0 spiro atoms. The fourth-order valence-electron chi connectivity index (χ4n) is 1.51. The number of benzene rings is 1. The van der Waals surface area contributed by atoms with E-state index in [1.165, 1.54) is 6.07 Å². The van der Waals surface area contributed by atoms with E-state index in [9.17, 15) is 4.39 Å². The van der Waals surface area contributed by atoms with Crippen LogP contribution in [0.15, 0.2) is 35.0 Å². The highest BCUT2D eigenvalue weighted by Crippen LogP contribution is 2.23. The molecule has 2 rings (SSSR count). The molecule has 0 aliphatic rings. The van der Waals surface area contributed by atoms with Crippen LogP contribution in [0.2, 0.25) is 0 Å². The maximum atomic E-state index is 13.1. The molecule has 0 saturated heterocycles. The maximum absolute atomic E-state index is 13.1. The highest BCUT2D eigenvalue weighted by molar-refractivity contribution is 7.08. The van der Waals surface area contributed by atoms with Crippen molar-refractivity contribution in [1.29, 1.82) is 0 Å². The van der Waals surface area contributed by atoms with E-state index in [0.717, 1.165) is 11.1 Å². The summed E-state index contributed by atoms with van der Waals surface area (Å²) in [7, 11) is 0. The fourth-order valence-corrected chi connectivity index (χ4v) is 2.20. The standard InChI is InChI=1S/C12H12FNS/c1-8-6-9(2-3-11(8)13)12(14)10-4-5-15-7-10/h2-7,12H,14H2,1H3. The molecule has 0 bridgehead atoms. The van der Waals surface area contributed by atoms with Crippen molar-refractivity contribution in [1.82, 2.24) is 0 Å². The van der Waals surface area contributed by atoms with E-state index in [0.29, 0.717) is 5.56 Å². The second kappa shape index (κ2) is 4.13. The molecule has 0 aliphatic heterocycles. The average molecular weight is 221 g/mol. The summed E-state index contributed by atoms with van der Waals surface area (Å²) in [6.45, 7) is 1.75. The molecule has 1 heterocycles. The van der Waals surface area contributed by atoms with Crippen LogP contribution >= 0.6 is 11.3 Å². The molecule has 0 aliphatic carbocycles. The van der Waals surface area contributed by atoms with E-state index in [4.69, 9.17) is 5.73 Å². The SMILES string of the molecule is Cc1cc(C(N)c2ccsc2)ccc1F. The van der Waals surface area contributed by atoms with Crippen LogP contribution in [0.5, 0.6) is 0 Å². The minimum atomic E-state index is -0.184. The summed E-state index contributed by atoms with van der Waals surface area (Å²) in [6.07, 6.45) is 0. The minimum absolute atomic E-state index is 0.157. The zero-order chi connectivity index (χ0) is 10.8. The van der Waals surface area contributed by atoms with Crippen molar-refractivity contribution in [2.24, 2.45) is 5.73 Å². The predicted octanol–water partition coefficient (Wildman–Crippen LogP) is 3.24. The van der Waals surface area contributed by atoms with E-state index in [1.54, 1.807) is 30.4 Å². The largest absolute Gasteiger partial charge is 0.320 e. The average Bonchev–Trinajstić information content (AvgIpc) is 2.74. The Morgan fingerprint density at radius 3 is 2.67 bits per heavy atom. The number of aryl methyl sites for hydroxylation is 1. The van der Waals surface area contributed by atoms with Gasteiger partial charge in [-0.05, 0) is 46.5 Å². The first-order chi connectivity index (χ1) is 7.18. The predicted molar refractivity (Wildman–Crippen MR) is 61.5 cm³/mol. The first-order valence-corrected chi connectivity index (χ1v) is 5.66. The Balaban J connectivity index is 2.34. The molecule has 2 N–H and O–H groups in total. The Bertz CT molecular complexity index is 451. The van der Waals surface area contributed by atoms with Gasteiger partial charge in [0.05, 0.1) is 6.04 Å². The molecule has 15 heavy (non-hydrogen) atoms. The molecule has 1 aromatic carbocycles. The van der Waals surface area contributed by atoms with Crippen LogP contribution in [-0.2, 0) is 0 Å². The third-order valence-corrected chi connectivity index (χ3v) is 3.14. The molecule has 2 aromatic rings. The first-order valence-electron chi connectivity index (χ1n) is 4.72. The van der Waals surface area contributed by atoms with Crippen LogP contribution in [0, 0.1) is 12.7 Å². The summed E-state index contributed by atoms with van der Waals surface area (Å²) in [5.41, 5.74) is 8.73. The molecule has 3 heteroatoms. The van der Waals surface area contributed by atoms with Gasteiger partial charge in [-0.3, -0.25) is 0 Å². The Labute approximate surface area is 92.4 Å². The lowest BCUT2D eigenvalue weighted by Crippen LogP contribution is -2.11. The molecule has 0 fully saturated rings. The van der Waals surface area contributed by atoms with Crippen molar-refractivity contribution in [2.75, 3.05) is 0 Å². The van der Waals surface area contributed by atoms with E-state index >= 15 is 0 Å². The van der Waals surface area contributed by atoms with Gasteiger partial charge in [-0.1, -0.05) is 12.1 Å². The van der Waals surface area contributed by atoms with Gasteiger partial charge in [0.1, 0.15) is 5.82 Å². The van der Waals surface area contributed by atoms with Crippen molar-refractivity contribution >= 4 is 11.3 Å². The molecular formula is C12H12FNS. The lowest BCUT2D eigenvalue weighted by Gasteiger charge is -2.11. The summed E-state index contributed by atoms with van der Waals surface area (Å²) >= 11 is 1.62. The van der Waals surface area contributed by atoms with Gasteiger partial charge in [0.25, 0.3) is 0 Å². The third kappa shape index (κ3) is 2.08. The van der Waals surface area contributed by atoms with Gasteiger partial charge in [0.2, 0.25) is 0 Å². The van der Waals surface area contributed by atoms with Crippen LogP contribution in [0.25, 0.3) is 0 Å². The summed E-state index contributed by atoms with van der Waals surface area (Å²) in [4.78, 5) is 0. The molecule has 1 nitrogen and oxygen atoms in total. The Hall–Kier alpha value is -1.19. The molecule has 1 atom stereocenters. The molecule has 78 valence electrons. The molecular weight excluding hydrogens is 209 g/mol. The van der Waals surface area contributed by atoms with E-state index in [-0.39, 0.29) is 11.9 Å². The first kappa shape index (κ1) is 10.3. The number of hydrogen-bond acceptors (Lipinski definition) is 2.